The van der Waals surface area contributed by atoms with E-state index in [4.69, 9.17) is 10.8 Å². The Morgan fingerprint density at radius 1 is 1.53 bits per heavy atom. The van der Waals surface area contributed by atoms with E-state index >= 15 is 0 Å². The van der Waals surface area contributed by atoms with Gasteiger partial charge in [0.05, 0.1) is 23.2 Å². The SMILES string of the molecule is Cn1nc([C@@](C)(N)CC(=O)O)c2ccccc21. The second kappa shape index (κ2) is 3.85. The number of carboxylic acids is 1. The van der Waals surface area contributed by atoms with Crippen molar-refractivity contribution < 1.29 is 9.90 Å². The van der Waals surface area contributed by atoms with Crippen LogP contribution in [0, 0.1) is 0 Å². The molecule has 1 aromatic carbocycles. The first kappa shape index (κ1) is 11.6. The number of hydrogen-bond acceptors (Lipinski definition) is 3. The highest BCUT2D eigenvalue weighted by atomic mass is 16.4. The van der Waals surface area contributed by atoms with E-state index < -0.39 is 11.5 Å². The Hall–Kier alpha value is -1.88. The van der Waals surface area contributed by atoms with E-state index in [9.17, 15) is 4.79 Å². The number of carboxylic acid groups (broad SMARTS) is 1. The van der Waals surface area contributed by atoms with Crippen molar-refractivity contribution in [3.05, 3.63) is 30.0 Å². The van der Waals surface area contributed by atoms with Crippen LogP contribution in [0.2, 0.25) is 0 Å². The standard InChI is InChI=1S/C12H15N3O2/c1-12(13,7-10(16)17)11-8-5-3-4-6-9(8)15(2)14-11/h3-6H,7,13H2,1-2H3,(H,16,17)/t12-/m0/s1. The van der Waals surface area contributed by atoms with Gasteiger partial charge in [0.1, 0.15) is 0 Å². The number of hydrogen-bond donors (Lipinski definition) is 2. The molecule has 0 saturated heterocycles. The highest BCUT2D eigenvalue weighted by molar-refractivity contribution is 5.83. The predicted octanol–water partition coefficient (Wildman–Crippen LogP) is 1.22. The lowest BCUT2D eigenvalue weighted by Gasteiger charge is -2.20. The van der Waals surface area contributed by atoms with Crippen LogP contribution >= 0.6 is 0 Å². The van der Waals surface area contributed by atoms with Gasteiger partial charge < -0.3 is 10.8 Å². The molecule has 2 rings (SSSR count). The Labute approximate surface area is 98.8 Å². The van der Waals surface area contributed by atoms with Crippen LogP contribution < -0.4 is 5.73 Å². The first-order chi connectivity index (χ1) is 7.92. The molecule has 90 valence electrons. The van der Waals surface area contributed by atoms with E-state index in [1.165, 1.54) is 0 Å². The van der Waals surface area contributed by atoms with Crippen LogP contribution in [-0.2, 0) is 17.4 Å². The average Bonchev–Trinajstić information content (AvgIpc) is 2.56. The zero-order valence-electron chi connectivity index (χ0n) is 9.84. The summed E-state index contributed by atoms with van der Waals surface area (Å²) in [6.45, 7) is 1.69. The molecule has 5 nitrogen and oxygen atoms in total. The molecule has 0 aliphatic rings. The van der Waals surface area contributed by atoms with Crippen molar-refractivity contribution >= 4 is 16.9 Å². The number of nitrogens with two attached hydrogens (primary N) is 1. The molecule has 0 amide bonds. The van der Waals surface area contributed by atoms with Crippen molar-refractivity contribution in [2.45, 2.75) is 18.9 Å². The quantitative estimate of drug-likeness (QED) is 0.835. The smallest absolute Gasteiger partial charge is 0.305 e. The summed E-state index contributed by atoms with van der Waals surface area (Å²) in [4.78, 5) is 10.8. The van der Waals surface area contributed by atoms with E-state index in [2.05, 4.69) is 5.10 Å². The Balaban J connectivity index is 2.59. The number of aryl methyl sites for hydroxylation is 1. The number of carbonyl (C=O) groups is 1. The van der Waals surface area contributed by atoms with Crippen molar-refractivity contribution in [3.8, 4) is 0 Å². The van der Waals surface area contributed by atoms with Crippen molar-refractivity contribution in [3.63, 3.8) is 0 Å². The van der Waals surface area contributed by atoms with Crippen LogP contribution in [-0.4, -0.2) is 20.9 Å². The number of rotatable bonds is 3. The van der Waals surface area contributed by atoms with Crippen molar-refractivity contribution in [1.82, 2.24) is 9.78 Å². The summed E-state index contributed by atoms with van der Waals surface area (Å²) in [7, 11) is 1.82. The predicted molar refractivity (Wildman–Crippen MR) is 64.5 cm³/mol. The van der Waals surface area contributed by atoms with Crippen LogP contribution in [0.15, 0.2) is 24.3 Å². The van der Waals surface area contributed by atoms with Gasteiger partial charge in [-0.25, -0.2) is 0 Å². The fraction of sp³-hybridized carbons (Fsp3) is 0.333. The molecule has 0 saturated carbocycles. The molecule has 0 spiro atoms. The minimum Gasteiger partial charge on any atom is -0.481 e. The molecule has 3 N–H and O–H groups in total. The lowest BCUT2D eigenvalue weighted by molar-refractivity contribution is -0.138. The highest BCUT2D eigenvalue weighted by Crippen LogP contribution is 2.28. The summed E-state index contributed by atoms with van der Waals surface area (Å²) in [5.41, 5.74) is 6.67. The summed E-state index contributed by atoms with van der Waals surface area (Å²) in [5, 5.41) is 14.1. The minimum atomic E-state index is -0.966. The van der Waals surface area contributed by atoms with E-state index in [-0.39, 0.29) is 6.42 Å². The fourth-order valence-electron chi connectivity index (χ4n) is 2.03. The van der Waals surface area contributed by atoms with Crippen LogP contribution in [0.3, 0.4) is 0 Å². The van der Waals surface area contributed by atoms with Gasteiger partial charge >= 0.3 is 5.97 Å². The summed E-state index contributed by atoms with van der Waals surface area (Å²) in [6.07, 6.45) is -0.145. The molecule has 1 heterocycles. The van der Waals surface area contributed by atoms with Gasteiger partial charge in [-0.3, -0.25) is 9.48 Å². The molecular formula is C12H15N3O2. The summed E-state index contributed by atoms with van der Waals surface area (Å²) < 4.78 is 1.72. The molecule has 0 aliphatic carbocycles. The molecule has 0 aliphatic heterocycles. The van der Waals surface area contributed by atoms with Gasteiger partial charge in [-0.05, 0) is 13.0 Å². The molecular weight excluding hydrogens is 218 g/mol. The third-order valence-corrected chi connectivity index (χ3v) is 2.82. The molecule has 0 radical (unpaired) electrons. The van der Waals surface area contributed by atoms with Gasteiger partial charge in [-0.1, -0.05) is 18.2 Å². The number of aliphatic carboxylic acids is 1. The van der Waals surface area contributed by atoms with Gasteiger partial charge in [-0.15, -0.1) is 0 Å². The molecule has 17 heavy (non-hydrogen) atoms. The minimum absolute atomic E-state index is 0.145. The lowest BCUT2D eigenvalue weighted by Crippen LogP contribution is -2.36. The maximum absolute atomic E-state index is 10.8. The maximum atomic E-state index is 10.8. The van der Waals surface area contributed by atoms with Gasteiger partial charge in [0.2, 0.25) is 0 Å². The molecule has 2 aromatic rings. The van der Waals surface area contributed by atoms with E-state index in [1.54, 1.807) is 11.6 Å². The highest BCUT2D eigenvalue weighted by Gasteiger charge is 2.29. The third-order valence-electron chi connectivity index (χ3n) is 2.82. The second-order valence-corrected chi connectivity index (χ2v) is 4.48. The normalized spacial score (nSPS) is 14.8. The van der Waals surface area contributed by atoms with Crippen LogP contribution in [0.1, 0.15) is 19.0 Å². The molecule has 1 atom stereocenters. The number of fused-ring (bicyclic) bond motifs is 1. The Bertz CT molecular complexity index is 572. The van der Waals surface area contributed by atoms with Gasteiger partial charge in [0.25, 0.3) is 0 Å². The summed E-state index contributed by atoms with van der Waals surface area (Å²) in [6, 6.07) is 7.65. The zero-order valence-corrected chi connectivity index (χ0v) is 9.84. The van der Waals surface area contributed by atoms with Gasteiger partial charge in [-0.2, -0.15) is 5.10 Å². The first-order valence-electron chi connectivity index (χ1n) is 5.35. The summed E-state index contributed by atoms with van der Waals surface area (Å²) in [5.74, 6) is -0.926. The molecule has 0 unspecified atom stereocenters. The van der Waals surface area contributed by atoms with Crippen molar-refractivity contribution in [1.29, 1.82) is 0 Å². The molecule has 5 heteroatoms. The lowest BCUT2D eigenvalue weighted by atomic mass is 9.92. The Morgan fingerprint density at radius 3 is 2.82 bits per heavy atom. The van der Waals surface area contributed by atoms with Crippen molar-refractivity contribution in [2.24, 2.45) is 12.8 Å². The van der Waals surface area contributed by atoms with Crippen molar-refractivity contribution in [2.75, 3.05) is 0 Å². The van der Waals surface area contributed by atoms with Crippen LogP contribution in [0.25, 0.3) is 10.9 Å². The number of para-hydroxylation sites is 1. The average molecular weight is 233 g/mol. The van der Waals surface area contributed by atoms with E-state index in [1.807, 2.05) is 31.3 Å². The van der Waals surface area contributed by atoms with Crippen LogP contribution in [0.4, 0.5) is 0 Å². The van der Waals surface area contributed by atoms with Gasteiger partial charge in [0.15, 0.2) is 0 Å². The van der Waals surface area contributed by atoms with E-state index in [0.717, 1.165) is 10.9 Å². The summed E-state index contributed by atoms with van der Waals surface area (Å²) >= 11 is 0. The maximum Gasteiger partial charge on any atom is 0.305 e. The molecule has 0 fully saturated rings. The van der Waals surface area contributed by atoms with Crippen LogP contribution in [0.5, 0.6) is 0 Å². The second-order valence-electron chi connectivity index (χ2n) is 4.48. The Kier molecular flexibility index (Phi) is 2.63. The zero-order chi connectivity index (χ0) is 12.6. The largest absolute Gasteiger partial charge is 0.481 e. The van der Waals surface area contributed by atoms with Gasteiger partial charge in [0, 0.05) is 12.4 Å². The monoisotopic (exact) mass is 233 g/mol. The first-order valence-corrected chi connectivity index (χ1v) is 5.35. The number of nitrogens with zero attached hydrogens (tertiary/aromatic N) is 2. The third kappa shape index (κ3) is 2.01. The fourth-order valence-corrected chi connectivity index (χ4v) is 2.03. The Morgan fingerprint density at radius 2 is 2.18 bits per heavy atom. The van der Waals surface area contributed by atoms with E-state index in [0.29, 0.717) is 5.69 Å². The molecule has 1 aromatic heterocycles. The molecule has 0 bridgehead atoms. The number of benzene rings is 1. The number of aromatic nitrogens is 2. The topological polar surface area (TPSA) is 81.1 Å².